The molecule has 0 unspecified atom stereocenters. The van der Waals surface area contributed by atoms with E-state index in [0.29, 0.717) is 27.4 Å². The van der Waals surface area contributed by atoms with E-state index in [1.807, 2.05) is 12.1 Å². The Kier molecular flexibility index (Phi) is 5.86. The van der Waals surface area contributed by atoms with E-state index in [1.54, 1.807) is 36.4 Å². The molecule has 1 amide bonds. The van der Waals surface area contributed by atoms with Crippen molar-refractivity contribution in [2.45, 2.75) is 18.2 Å². The summed E-state index contributed by atoms with van der Waals surface area (Å²) < 4.78 is 0. The van der Waals surface area contributed by atoms with Crippen LogP contribution in [0.4, 0.5) is 5.69 Å². The molecule has 0 saturated carbocycles. The number of thioether (sulfide) groups is 1. The number of rotatable bonds is 4. The number of halogens is 2. The SMILES string of the molecule is O=C(O)[C@H]1CC(=O)N(Cc2ccc(Cl)cc2)C(=Nc2ccc(Cl)cc2)S1. The molecule has 1 atom stereocenters. The molecule has 0 aliphatic carbocycles. The van der Waals surface area contributed by atoms with Gasteiger partial charge >= 0.3 is 5.97 Å². The minimum Gasteiger partial charge on any atom is -0.480 e. The number of amides is 1. The molecule has 1 saturated heterocycles. The van der Waals surface area contributed by atoms with Crippen LogP contribution in [0.15, 0.2) is 53.5 Å². The van der Waals surface area contributed by atoms with Gasteiger partial charge in [0.05, 0.1) is 18.7 Å². The first-order valence-corrected chi connectivity index (χ1v) is 9.34. The molecule has 134 valence electrons. The summed E-state index contributed by atoms with van der Waals surface area (Å²) >= 11 is 12.9. The molecule has 2 aromatic carbocycles. The van der Waals surface area contributed by atoms with Crippen molar-refractivity contribution in [1.82, 2.24) is 4.90 Å². The van der Waals surface area contributed by atoms with Crippen LogP contribution in [-0.2, 0) is 16.1 Å². The molecule has 1 fully saturated rings. The molecule has 1 heterocycles. The first-order chi connectivity index (χ1) is 12.4. The summed E-state index contributed by atoms with van der Waals surface area (Å²) in [4.78, 5) is 29.9. The van der Waals surface area contributed by atoms with E-state index in [-0.39, 0.29) is 12.3 Å². The zero-order valence-electron chi connectivity index (χ0n) is 13.4. The molecule has 26 heavy (non-hydrogen) atoms. The fourth-order valence-electron chi connectivity index (χ4n) is 2.39. The quantitative estimate of drug-likeness (QED) is 0.802. The van der Waals surface area contributed by atoms with Crippen LogP contribution < -0.4 is 0 Å². The largest absolute Gasteiger partial charge is 0.480 e. The number of hydrogen-bond donors (Lipinski definition) is 1. The molecular weight excluding hydrogens is 395 g/mol. The smallest absolute Gasteiger partial charge is 0.317 e. The average Bonchev–Trinajstić information content (AvgIpc) is 2.61. The van der Waals surface area contributed by atoms with Crippen molar-refractivity contribution >= 4 is 57.7 Å². The Labute approximate surface area is 164 Å². The number of amidine groups is 1. The predicted octanol–water partition coefficient (Wildman–Crippen LogP) is 4.60. The van der Waals surface area contributed by atoms with Crippen LogP contribution >= 0.6 is 35.0 Å². The highest BCUT2D eigenvalue weighted by molar-refractivity contribution is 8.15. The normalized spacial score (nSPS) is 19.0. The molecule has 0 aromatic heterocycles. The van der Waals surface area contributed by atoms with Crippen molar-refractivity contribution in [3.8, 4) is 0 Å². The Morgan fingerprint density at radius 1 is 1.12 bits per heavy atom. The lowest BCUT2D eigenvalue weighted by Gasteiger charge is -2.30. The van der Waals surface area contributed by atoms with Crippen molar-refractivity contribution in [3.63, 3.8) is 0 Å². The molecule has 0 spiro atoms. The van der Waals surface area contributed by atoms with Crippen LogP contribution in [0.5, 0.6) is 0 Å². The predicted molar refractivity (Wildman–Crippen MR) is 104 cm³/mol. The highest BCUT2D eigenvalue weighted by Crippen LogP contribution is 2.30. The number of aliphatic imine (C=N–C) groups is 1. The van der Waals surface area contributed by atoms with E-state index < -0.39 is 11.2 Å². The van der Waals surface area contributed by atoms with E-state index in [0.717, 1.165) is 17.3 Å². The Balaban J connectivity index is 1.92. The maximum absolute atomic E-state index is 12.6. The third-order valence-corrected chi connectivity index (χ3v) is 5.40. The van der Waals surface area contributed by atoms with Crippen molar-refractivity contribution in [1.29, 1.82) is 0 Å². The molecule has 0 radical (unpaired) electrons. The van der Waals surface area contributed by atoms with Crippen LogP contribution in [0.25, 0.3) is 0 Å². The summed E-state index contributed by atoms with van der Waals surface area (Å²) in [6.07, 6.45) is -0.0762. The van der Waals surface area contributed by atoms with Gasteiger partial charge in [0, 0.05) is 10.0 Å². The molecule has 1 aliphatic heterocycles. The lowest BCUT2D eigenvalue weighted by atomic mass is 10.2. The number of nitrogens with zero attached hydrogens (tertiary/aromatic N) is 2. The van der Waals surface area contributed by atoms with Gasteiger partial charge < -0.3 is 5.11 Å². The van der Waals surface area contributed by atoms with E-state index in [4.69, 9.17) is 23.2 Å². The van der Waals surface area contributed by atoms with Crippen LogP contribution in [-0.4, -0.2) is 32.3 Å². The van der Waals surface area contributed by atoms with Crippen LogP contribution in [0.1, 0.15) is 12.0 Å². The van der Waals surface area contributed by atoms with Gasteiger partial charge in [-0.2, -0.15) is 0 Å². The average molecular weight is 409 g/mol. The van der Waals surface area contributed by atoms with E-state index in [9.17, 15) is 14.7 Å². The molecule has 2 aromatic rings. The highest BCUT2D eigenvalue weighted by Gasteiger charge is 2.35. The molecule has 0 bridgehead atoms. The minimum absolute atomic E-state index is 0.0762. The Bertz CT molecular complexity index is 854. The molecule has 1 aliphatic rings. The number of benzene rings is 2. The van der Waals surface area contributed by atoms with Gasteiger partial charge in [-0.05, 0) is 42.0 Å². The van der Waals surface area contributed by atoms with E-state index in [1.165, 1.54) is 4.90 Å². The molecule has 3 rings (SSSR count). The van der Waals surface area contributed by atoms with Crippen molar-refractivity contribution in [2.24, 2.45) is 4.99 Å². The summed E-state index contributed by atoms with van der Waals surface area (Å²) in [6.45, 7) is 0.293. The summed E-state index contributed by atoms with van der Waals surface area (Å²) in [6, 6.07) is 13.9. The second kappa shape index (κ2) is 8.12. The van der Waals surface area contributed by atoms with Crippen molar-refractivity contribution in [3.05, 3.63) is 64.1 Å². The Morgan fingerprint density at radius 3 is 2.27 bits per heavy atom. The number of carboxylic acids is 1. The van der Waals surface area contributed by atoms with Crippen LogP contribution in [0, 0.1) is 0 Å². The van der Waals surface area contributed by atoms with Gasteiger partial charge in [0.1, 0.15) is 5.25 Å². The first-order valence-electron chi connectivity index (χ1n) is 7.71. The maximum atomic E-state index is 12.6. The van der Waals surface area contributed by atoms with E-state index in [2.05, 4.69) is 4.99 Å². The third kappa shape index (κ3) is 4.58. The summed E-state index contributed by atoms with van der Waals surface area (Å²) in [7, 11) is 0. The molecule has 8 heteroatoms. The molecule has 1 N–H and O–H groups in total. The number of carbonyl (C=O) groups excluding carboxylic acids is 1. The topological polar surface area (TPSA) is 70.0 Å². The summed E-state index contributed by atoms with van der Waals surface area (Å²) in [5.74, 6) is -1.31. The fraction of sp³-hybridized carbons (Fsp3) is 0.167. The fourth-order valence-corrected chi connectivity index (χ4v) is 3.67. The monoisotopic (exact) mass is 408 g/mol. The van der Waals surface area contributed by atoms with Gasteiger partial charge in [-0.3, -0.25) is 14.5 Å². The van der Waals surface area contributed by atoms with Gasteiger partial charge in [-0.15, -0.1) is 0 Å². The zero-order chi connectivity index (χ0) is 18.7. The summed E-state index contributed by atoms with van der Waals surface area (Å²) in [5, 5.41) is 9.98. The Hall–Kier alpha value is -2.02. The van der Waals surface area contributed by atoms with Crippen molar-refractivity contribution in [2.75, 3.05) is 0 Å². The van der Waals surface area contributed by atoms with Gasteiger partial charge in [0.2, 0.25) is 5.91 Å². The number of carbonyl (C=O) groups is 2. The van der Waals surface area contributed by atoms with Crippen molar-refractivity contribution < 1.29 is 14.7 Å². The minimum atomic E-state index is -1.03. The van der Waals surface area contributed by atoms with Gasteiger partial charge in [-0.1, -0.05) is 47.1 Å². The van der Waals surface area contributed by atoms with Crippen LogP contribution in [0.2, 0.25) is 10.0 Å². The zero-order valence-corrected chi connectivity index (χ0v) is 15.8. The van der Waals surface area contributed by atoms with E-state index >= 15 is 0 Å². The second-order valence-electron chi connectivity index (χ2n) is 5.63. The first kappa shape index (κ1) is 18.8. The van der Waals surface area contributed by atoms with Gasteiger partial charge in [-0.25, -0.2) is 4.99 Å². The second-order valence-corrected chi connectivity index (χ2v) is 7.67. The number of hydrogen-bond acceptors (Lipinski definition) is 4. The Morgan fingerprint density at radius 2 is 1.69 bits per heavy atom. The maximum Gasteiger partial charge on any atom is 0.317 e. The van der Waals surface area contributed by atoms with Gasteiger partial charge in [0.15, 0.2) is 5.17 Å². The number of aliphatic carboxylic acids is 1. The summed E-state index contributed by atoms with van der Waals surface area (Å²) in [5.41, 5.74) is 1.47. The molecular formula is C18H14Cl2N2O3S. The molecule has 5 nitrogen and oxygen atoms in total. The lowest BCUT2D eigenvalue weighted by Crippen LogP contribution is -2.43. The third-order valence-electron chi connectivity index (χ3n) is 3.72. The van der Waals surface area contributed by atoms with Gasteiger partial charge in [0.25, 0.3) is 0 Å². The standard InChI is InChI=1S/C18H14Cl2N2O3S/c19-12-3-1-11(2-4-12)10-22-16(23)9-15(17(24)25)26-18(22)21-14-7-5-13(20)6-8-14/h1-8,15H,9-10H2,(H,24,25)/t15-/m1/s1. The van der Waals surface area contributed by atoms with Crippen LogP contribution in [0.3, 0.4) is 0 Å². The number of carboxylic acid groups (broad SMARTS) is 1. The highest BCUT2D eigenvalue weighted by atomic mass is 35.5. The lowest BCUT2D eigenvalue weighted by molar-refractivity contribution is -0.139.